The first kappa shape index (κ1) is 22.2. The molecule has 0 saturated heterocycles. The summed E-state index contributed by atoms with van der Waals surface area (Å²) in [5.41, 5.74) is 5.45. The molecule has 0 saturated carbocycles. The van der Waals surface area contributed by atoms with Crippen LogP contribution < -0.4 is 5.32 Å². The third-order valence-corrected chi connectivity index (χ3v) is 5.72. The van der Waals surface area contributed by atoms with Crippen molar-refractivity contribution in [1.29, 1.82) is 0 Å². The number of aromatic nitrogens is 1. The minimum Gasteiger partial charge on any atom is -0.352 e. The van der Waals surface area contributed by atoms with E-state index in [1.165, 1.54) is 5.56 Å². The van der Waals surface area contributed by atoms with Crippen LogP contribution in [0.4, 0.5) is 0 Å². The largest absolute Gasteiger partial charge is 0.352 e. The molecule has 0 aliphatic rings. The van der Waals surface area contributed by atoms with Gasteiger partial charge in [-0.1, -0.05) is 31.3 Å². The molecule has 3 nitrogen and oxygen atoms in total. The van der Waals surface area contributed by atoms with Crippen LogP contribution in [0.25, 0.3) is 11.0 Å². The van der Waals surface area contributed by atoms with E-state index in [-0.39, 0.29) is 5.91 Å². The summed E-state index contributed by atoms with van der Waals surface area (Å²) in [5.74, 6) is -0.0464. The number of carbonyl (C=O) groups is 1. The Bertz CT molecular complexity index is 854. The highest BCUT2D eigenvalue weighted by atomic mass is 32.1. The second-order valence-corrected chi connectivity index (χ2v) is 7.86. The van der Waals surface area contributed by atoms with Gasteiger partial charge in [-0.2, -0.15) is 0 Å². The van der Waals surface area contributed by atoms with Crippen LogP contribution in [-0.4, -0.2) is 25.3 Å². The maximum absolute atomic E-state index is 12.7. The number of nitrogens with one attached hydrogen (secondary N) is 1. The third-order valence-electron chi connectivity index (χ3n) is 4.65. The smallest absolute Gasteiger partial charge is 0.252 e. The van der Waals surface area contributed by atoms with Gasteiger partial charge in [0.05, 0.1) is 5.57 Å². The van der Waals surface area contributed by atoms with Gasteiger partial charge in [0.2, 0.25) is 0 Å². The molecule has 0 atom stereocenters. The van der Waals surface area contributed by atoms with E-state index in [0.717, 1.165) is 53.8 Å². The summed E-state index contributed by atoms with van der Waals surface area (Å²) in [7, 11) is 6.12. The van der Waals surface area contributed by atoms with Gasteiger partial charge in [0.25, 0.3) is 5.91 Å². The molecule has 146 valence electrons. The van der Waals surface area contributed by atoms with E-state index in [9.17, 15) is 4.79 Å². The molecule has 0 aliphatic carbocycles. The lowest BCUT2D eigenvalue weighted by atomic mass is 9.85. The van der Waals surface area contributed by atoms with Crippen LogP contribution in [0, 0.1) is 6.92 Å². The molecule has 2 rings (SSSR count). The van der Waals surface area contributed by atoms with Crippen molar-refractivity contribution in [2.75, 3.05) is 6.54 Å². The van der Waals surface area contributed by atoms with Crippen molar-refractivity contribution in [2.24, 2.45) is 0 Å². The molecule has 2 radical (unpaired) electrons. The number of unbranched alkanes of at least 4 members (excludes halogenated alkanes) is 2. The molecule has 2 heterocycles. The van der Waals surface area contributed by atoms with Crippen molar-refractivity contribution in [1.82, 2.24) is 10.3 Å². The number of hydrogen-bond donors (Lipinski definition) is 1. The molecule has 1 amide bonds. The zero-order valence-corrected chi connectivity index (χ0v) is 18.0. The van der Waals surface area contributed by atoms with Crippen molar-refractivity contribution in [3.05, 3.63) is 63.6 Å². The van der Waals surface area contributed by atoms with E-state index in [0.29, 0.717) is 17.6 Å². The molecule has 2 aromatic heterocycles. The lowest BCUT2D eigenvalue weighted by molar-refractivity contribution is -0.115. The fourth-order valence-electron chi connectivity index (χ4n) is 3.16. The summed E-state index contributed by atoms with van der Waals surface area (Å²) >= 11 is 1.56. The number of amides is 1. The van der Waals surface area contributed by atoms with Crippen molar-refractivity contribution >= 4 is 36.1 Å². The summed E-state index contributed by atoms with van der Waals surface area (Å²) < 4.78 is 0. The molecule has 0 fully saturated rings. The van der Waals surface area contributed by atoms with E-state index in [1.54, 1.807) is 11.3 Å². The first-order chi connectivity index (χ1) is 13.5. The van der Waals surface area contributed by atoms with Crippen LogP contribution >= 0.6 is 11.3 Å². The molecule has 0 unspecified atom stereocenters. The number of hydrogen-bond acceptors (Lipinski definition) is 3. The topological polar surface area (TPSA) is 42.0 Å². The van der Waals surface area contributed by atoms with Crippen LogP contribution in [-0.2, 0) is 17.6 Å². The zero-order valence-electron chi connectivity index (χ0n) is 17.2. The number of rotatable bonds is 10. The highest BCUT2D eigenvalue weighted by Crippen LogP contribution is 2.34. The Hall–Kier alpha value is -2.14. The molecule has 0 aromatic carbocycles. The number of pyridine rings is 1. The monoisotopic (exact) mass is 392 g/mol. The molecule has 28 heavy (non-hydrogen) atoms. The highest BCUT2D eigenvalue weighted by molar-refractivity contribution is 7.12. The van der Waals surface area contributed by atoms with Gasteiger partial charge in [-0.25, -0.2) is 0 Å². The molecular weight excluding hydrogens is 363 g/mol. The Morgan fingerprint density at radius 2 is 2.14 bits per heavy atom. The van der Waals surface area contributed by atoms with Crippen LogP contribution in [0.15, 0.2) is 36.4 Å². The molecule has 5 heteroatoms. The van der Waals surface area contributed by atoms with Gasteiger partial charge in [-0.05, 0) is 67.3 Å². The maximum Gasteiger partial charge on any atom is 0.252 e. The van der Waals surface area contributed by atoms with Crippen molar-refractivity contribution in [3.63, 3.8) is 0 Å². The highest BCUT2D eigenvalue weighted by Gasteiger charge is 2.19. The fourth-order valence-corrected chi connectivity index (χ4v) is 4.38. The Morgan fingerprint density at radius 1 is 1.36 bits per heavy atom. The van der Waals surface area contributed by atoms with Gasteiger partial charge < -0.3 is 5.32 Å². The molecule has 0 aliphatic heterocycles. The van der Waals surface area contributed by atoms with E-state index >= 15 is 0 Å². The Labute approximate surface area is 174 Å². The van der Waals surface area contributed by atoms with Gasteiger partial charge in [0.15, 0.2) is 0 Å². The summed E-state index contributed by atoms with van der Waals surface area (Å²) in [4.78, 5) is 18.0. The number of thiophene rings is 1. The second kappa shape index (κ2) is 11.0. The maximum atomic E-state index is 12.7. The lowest BCUT2D eigenvalue weighted by Gasteiger charge is -2.12. The summed E-state index contributed by atoms with van der Waals surface area (Å²) in [6.45, 7) is 10.8. The average Bonchev–Trinajstić information content (AvgIpc) is 3.08. The first-order valence-corrected chi connectivity index (χ1v) is 10.8. The Kier molecular flexibility index (Phi) is 8.71. The number of allylic oxidation sites excluding steroid dienone is 1. The van der Waals surface area contributed by atoms with Crippen LogP contribution in [0.2, 0.25) is 0 Å². The van der Waals surface area contributed by atoms with Gasteiger partial charge >= 0.3 is 0 Å². The molecule has 1 N–H and O–H groups in total. The van der Waals surface area contributed by atoms with Crippen molar-refractivity contribution in [2.45, 2.75) is 52.9 Å². The summed E-state index contributed by atoms with van der Waals surface area (Å²) in [5, 5.41) is 5.12. The van der Waals surface area contributed by atoms with Crippen LogP contribution in [0.5, 0.6) is 0 Å². The van der Waals surface area contributed by atoms with Crippen LogP contribution in [0.1, 0.15) is 60.4 Å². The van der Waals surface area contributed by atoms with Gasteiger partial charge in [-0.3, -0.25) is 9.78 Å². The molecule has 0 spiro atoms. The quantitative estimate of drug-likeness (QED) is 0.348. The van der Waals surface area contributed by atoms with E-state index in [4.69, 9.17) is 7.85 Å². The summed E-state index contributed by atoms with van der Waals surface area (Å²) in [6, 6.07) is 4.10. The van der Waals surface area contributed by atoms with Gasteiger partial charge in [0.1, 0.15) is 7.85 Å². The normalized spacial score (nSPS) is 11.5. The predicted molar refractivity (Wildman–Crippen MR) is 122 cm³/mol. The Balaban J connectivity index is 2.18. The lowest BCUT2D eigenvalue weighted by Crippen LogP contribution is -2.25. The summed E-state index contributed by atoms with van der Waals surface area (Å²) in [6.07, 6.45) is 8.58. The molecular formula is C23H29BN2OS. The van der Waals surface area contributed by atoms with E-state index in [2.05, 4.69) is 42.2 Å². The number of nitrogens with zero attached hydrogens (tertiary/aromatic N) is 1. The number of aryl methyl sites for hydroxylation is 3. The molecule has 0 bridgehead atoms. The third kappa shape index (κ3) is 5.93. The predicted octanol–water partition coefficient (Wildman–Crippen LogP) is 5.09. The van der Waals surface area contributed by atoms with Crippen molar-refractivity contribution < 1.29 is 4.79 Å². The van der Waals surface area contributed by atoms with Crippen molar-refractivity contribution in [3.8, 4) is 0 Å². The SMILES string of the molecule is [B]C(=C)c1c(CCc2cc(C)ccn2)csc1/C(=C\C)C(=O)NCCCCC. The van der Waals surface area contributed by atoms with E-state index in [1.807, 2.05) is 25.3 Å². The standard InChI is InChI=1S/C23H29BN2OS/c1-5-7-8-12-26-23(27)20(6-2)22-21(17(4)24)18(15-28-22)9-10-19-14-16(3)11-13-25-19/h6,11,13-15H,4-5,7-10,12H2,1-3H3,(H,26,27)/b20-6+. The second-order valence-electron chi connectivity index (χ2n) is 6.98. The van der Waals surface area contributed by atoms with Gasteiger partial charge in [0, 0.05) is 23.3 Å². The first-order valence-electron chi connectivity index (χ1n) is 9.89. The Morgan fingerprint density at radius 3 is 2.79 bits per heavy atom. The zero-order chi connectivity index (χ0) is 20.5. The van der Waals surface area contributed by atoms with Crippen LogP contribution in [0.3, 0.4) is 0 Å². The minimum atomic E-state index is -0.0464. The van der Waals surface area contributed by atoms with E-state index < -0.39 is 0 Å². The minimum absolute atomic E-state index is 0.0464. The average molecular weight is 392 g/mol. The fraction of sp³-hybridized carbons (Fsp3) is 0.391. The molecule has 2 aromatic rings. The van der Waals surface area contributed by atoms with Gasteiger partial charge in [-0.15, -0.1) is 17.9 Å². The number of carbonyl (C=O) groups excluding carboxylic acids is 1.